The quantitative estimate of drug-likeness (QED) is 0.0782. The Morgan fingerprint density at radius 1 is 0.526 bits per heavy atom. The summed E-state index contributed by atoms with van der Waals surface area (Å²) in [6.45, 7) is 3.01. The molecule has 4 nitrogen and oxygen atoms in total. The number of carbonyl (C=O) groups is 1. The molecule has 38 heavy (non-hydrogen) atoms. The minimum atomic E-state index is -0.181. The number of hydrogen-bond acceptors (Lipinski definition) is 2. The predicted octanol–water partition coefficient (Wildman–Crippen LogP) is 11.3. The average Bonchev–Trinajstić information content (AvgIpc) is 2.92. The van der Waals surface area contributed by atoms with Gasteiger partial charge in [0.15, 0.2) is 0 Å². The van der Waals surface area contributed by atoms with Gasteiger partial charge in [-0.05, 0) is 30.7 Å². The van der Waals surface area contributed by atoms with E-state index in [1.165, 1.54) is 154 Å². The Morgan fingerprint density at radius 3 is 1.18 bits per heavy atom. The minimum absolute atomic E-state index is 0.181. The van der Waals surface area contributed by atoms with Crippen molar-refractivity contribution < 1.29 is 9.90 Å². The Labute approximate surface area is 236 Å². The molecule has 1 aromatic carbocycles. The predicted molar refractivity (Wildman–Crippen MR) is 166 cm³/mol. The molecule has 0 atom stereocenters. The molecule has 0 aliphatic rings. The van der Waals surface area contributed by atoms with Gasteiger partial charge in [-0.15, -0.1) is 0 Å². The molecule has 0 saturated heterocycles. The van der Waals surface area contributed by atoms with E-state index in [0.717, 1.165) is 6.42 Å². The first kappa shape index (κ1) is 34.3. The lowest BCUT2D eigenvalue weighted by molar-refractivity contribution is 0.252. The number of urea groups is 1. The highest BCUT2D eigenvalue weighted by Gasteiger charge is 2.01. The van der Waals surface area contributed by atoms with Crippen molar-refractivity contribution in [1.29, 1.82) is 0 Å². The Balaban J connectivity index is 1.69. The van der Waals surface area contributed by atoms with E-state index in [1.54, 1.807) is 24.3 Å². The van der Waals surface area contributed by atoms with Crippen LogP contribution in [0.3, 0.4) is 0 Å². The van der Waals surface area contributed by atoms with E-state index >= 15 is 0 Å². The fourth-order valence-electron chi connectivity index (χ4n) is 5.19. The van der Waals surface area contributed by atoms with Gasteiger partial charge in [0.25, 0.3) is 0 Å². The van der Waals surface area contributed by atoms with Crippen LogP contribution in [0.4, 0.5) is 10.5 Å². The van der Waals surface area contributed by atoms with Crippen LogP contribution in [-0.4, -0.2) is 17.7 Å². The largest absolute Gasteiger partial charge is 0.508 e. The summed E-state index contributed by atoms with van der Waals surface area (Å²) in [6.07, 6.45) is 35.0. The van der Waals surface area contributed by atoms with Crippen LogP contribution in [0.5, 0.6) is 5.75 Å². The van der Waals surface area contributed by atoms with E-state index in [4.69, 9.17) is 0 Å². The number of benzene rings is 1. The summed E-state index contributed by atoms with van der Waals surface area (Å²) in [5, 5.41) is 14.9. The molecule has 4 heteroatoms. The fourth-order valence-corrected chi connectivity index (χ4v) is 5.19. The number of rotatable bonds is 27. The van der Waals surface area contributed by atoms with Gasteiger partial charge < -0.3 is 15.7 Å². The van der Waals surface area contributed by atoms with Gasteiger partial charge in [-0.1, -0.05) is 161 Å². The molecule has 2 amide bonds. The van der Waals surface area contributed by atoms with E-state index in [1.807, 2.05) is 0 Å². The Bertz CT molecular complexity index is 632. The summed E-state index contributed by atoms with van der Waals surface area (Å²) in [5.74, 6) is 0.200. The zero-order chi connectivity index (χ0) is 27.4. The number of nitrogens with one attached hydrogen (secondary N) is 2. The topological polar surface area (TPSA) is 61.4 Å². The molecule has 0 saturated carbocycles. The highest BCUT2D eigenvalue weighted by Crippen LogP contribution is 2.16. The molecule has 0 aliphatic heterocycles. The molecule has 0 heterocycles. The van der Waals surface area contributed by atoms with Crippen LogP contribution < -0.4 is 10.6 Å². The van der Waals surface area contributed by atoms with Crippen molar-refractivity contribution in [2.24, 2.45) is 0 Å². The minimum Gasteiger partial charge on any atom is -0.508 e. The maximum absolute atomic E-state index is 11.8. The lowest BCUT2D eigenvalue weighted by Crippen LogP contribution is -2.29. The molecule has 0 aromatic heterocycles. The smallest absolute Gasteiger partial charge is 0.319 e. The SMILES string of the molecule is CCCCCCCCCCCCCCCCCCCCCCCCCCCNC(=O)Nc1ccc(O)cc1. The van der Waals surface area contributed by atoms with Crippen LogP contribution >= 0.6 is 0 Å². The second-order valence-corrected chi connectivity index (χ2v) is 11.4. The van der Waals surface area contributed by atoms with Crippen molar-refractivity contribution >= 4 is 11.7 Å². The van der Waals surface area contributed by atoms with Gasteiger partial charge in [-0.2, -0.15) is 0 Å². The second-order valence-electron chi connectivity index (χ2n) is 11.4. The van der Waals surface area contributed by atoms with Crippen LogP contribution in [0.1, 0.15) is 167 Å². The van der Waals surface area contributed by atoms with Crippen molar-refractivity contribution in [3.05, 3.63) is 24.3 Å². The highest BCUT2D eigenvalue weighted by molar-refractivity contribution is 5.89. The van der Waals surface area contributed by atoms with Crippen molar-refractivity contribution in [2.45, 2.75) is 167 Å². The Kier molecular flexibility index (Phi) is 24.3. The number of hydrogen-bond donors (Lipinski definition) is 3. The van der Waals surface area contributed by atoms with Gasteiger partial charge in [0, 0.05) is 12.2 Å². The lowest BCUT2D eigenvalue weighted by Gasteiger charge is -2.07. The van der Waals surface area contributed by atoms with Crippen molar-refractivity contribution in [3.8, 4) is 5.75 Å². The van der Waals surface area contributed by atoms with Gasteiger partial charge in [0.1, 0.15) is 5.75 Å². The number of anilines is 1. The van der Waals surface area contributed by atoms with Crippen molar-refractivity contribution in [2.75, 3.05) is 11.9 Å². The first-order valence-electron chi connectivity index (χ1n) is 16.6. The Morgan fingerprint density at radius 2 is 0.842 bits per heavy atom. The molecule has 0 unspecified atom stereocenters. The molecule has 3 N–H and O–H groups in total. The summed E-state index contributed by atoms with van der Waals surface area (Å²) >= 11 is 0. The van der Waals surface area contributed by atoms with Crippen LogP contribution in [0.15, 0.2) is 24.3 Å². The summed E-state index contributed by atoms with van der Waals surface area (Å²) in [5.41, 5.74) is 0.690. The average molecular weight is 531 g/mol. The number of aromatic hydroxyl groups is 1. The van der Waals surface area contributed by atoms with Crippen molar-refractivity contribution in [1.82, 2.24) is 5.32 Å². The number of phenols is 1. The summed E-state index contributed by atoms with van der Waals surface area (Å²) in [6, 6.07) is 6.33. The number of amides is 2. The van der Waals surface area contributed by atoms with E-state index in [-0.39, 0.29) is 11.8 Å². The van der Waals surface area contributed by atoms with Gasteiger partial charge in [0.05, 0.1) is 0 Å². The molecule has 0 fully saturated rings. The molecule has 1 aromatic rings. The highest BCUT2D eigenvalue weighted by atomic mass is 16.3. The van der Waals surface area contributed by atoms with Gasteiger partial charge in [-0.3, -0.25) is 0 Å². The van der Waals surface area contributed by atoms with E-state index in [2.05, 4.69) is 17.6 Å². The molecule has 0 spiro atoms. The summed E-state index contributed by atoms with van der Waals surface area (Å²) in [7, 11) is 0. The third-order valence-corrected chi connectivity index (χ3v) is 7.69. The molecule has 220 valence electrons. The molecule has 0 aliphatic carbocycles. The third kappa shape index (κ3) is 23.4. The van der Waals surface area contributed by atoms with Gasteiger partial charge in [0.2, 0.25) is 0 Å². The monoisotopic (exact) mass is 530 g/mol. The molecule has 0 bridgehead atoms. The van der Waals surface area contributed by atoms with E-state index in [9.17, 15) is 9.90 Å². The van der Waals surface area contributed by atoms with E-state index in [0.29, 0.717) is 12.2 Å². The maximum Gasteiger partial charge on any atom is 0.319 e. The van der Waals surface area contributed by atoms with Crippen LogP contribution in [0.25, 0.3) is 0 Å². The molecule has 0 radical (unpaired) electrons. The first-order chi connectivity index (χ1) is 18.7. The molecular formula is C34H62N2O2. The standard InChI is InChI=1S/C34H62N2O2/c1-2-3-4-5-6-7-8-9-10-11-12-13-14-15-16-17-18-19-20-21-22-23-24-25-26-31-35-34(38)36-32-27-29-33(37)30-28-32/h27-30,37H,2-26,31H2,1H3,(H2,35,36,38). The molecular weight excluding hydrogens is 468 g/mol. The maximum atomic E-state index is 11.8. The zero-order valence-electron chi connectivity index (χ0n) is 25.0. The summed E-state index contributed by atoms with van der Waals surface area (Å²) in [4.78, 5) is 11.8. The zero-order valence-corrected chi connectivity index (χ0v) is 25.0. The third-order valence-electron chi connectivity index (χ3n) is 7.69. The van der Waals surface area contributed by atoms with Crippen LogP contribution in [-0.2, 0) is 0 Å². The van der Waals surface area contributed by atoms with Crippen molar-refractivity contribution in [3.63, 3.8) is 0 Å². The normalized spacial score (nSPS) is 11.1. The summed E-state index contributed by atoms with van der Waals surface area (Å²) < 4.78 is 0. The molecule has 1 rings (SSSR count). The van der Waals surface area contributed by atoms with Crippen LogP contribution in [0, 0.1) is 0 Å². The number of carbonyl (C=O) groups excluding carboxylic acids is 1. The van der Waals surface area contributed by atoms with Crippen LogP contribution in [0.2, 0.25) is 0 Å². The first-order valence-corrected chi connectivity index (χ1v) is 16.6. The van der Waals surface area contributed by atoms with E-state index < -0.39 is 0 Å². The fraction of sp³-hybridized carbons (Fsp3) is 0.794. The Hall–Kier alpha value is -1.71. The second kappa shape index (κ2) is 26.9. The number of phenolic OH excluding ortho intramolecular Hbond substituents is 1. The van der Waals surface area contributed by atoms with Gasteiger partial charge >= 0.3 is 6.03 Å². The van der Waals surface area contributed by atoms with Gasteiger partial charge in [-0.25, -0.2) is 4.79 Å². The lowest BCUT2D eigenvalue weighted by atomic mass is 10.0. The number of unbranched alkanes of at least 4 members (excludes halogenated alkanes) is 24.